The topological polar surface area (TPSA) is 80.4 Å². The Balaban J connectivity index is 1.49. The summed E-state index contributed by atoms with van der Waals surface area (Å²) in [5, 5.41) is 6.91. The molecule has 0 fully saturated rings. The fourth-order valence-electron chi connectivity index (χ4n) is 2.49. The van der Waals surface area contributed by atoms with Gasteiger partial charge in [0.2, 0.25) is 5.91 Å². The second kappa shape index (κ2) is 8.15. The molecular weight excluding hydrogens is 332 g/mol. The fraction of sp³-hybridized carbons (Fsp3) is 0.211. The Morgan fingerprint density at radius 1 is 1.19 bits per heavy atom. The second-order valence-electron chi connectivity index (χ2n) is 5.98. The van der Waals surface area contributed by atoms with E-state index in [4.69, 9.17) is 4.42 Å². The third-order valence-corrected chi connectivity index (χ3v) is 3.90. The van der Waals surface area contributed by atoms with Crippen LogP contribution in [-0.4, -0.2) is 40.1 Å². The van der Waals surface area contributed by atoms with Crippen molar-refractivity contribution in [3.63, 3.8) is 0 Å². The number of hydrogen-bond acceptors (Lipinski definition) is 4. The molecule has 0 aliphatic heterocycles. The van der Waals surface area contributed by atoms with Gasteiger partial charge in [0, 0.05) is 25.4 Å². The van der Waals surface area contributed by atoms with Crippen molar-refractivity contribution < 1.29 is 14.0 Å². The Morgan fingerprint density at radius 2 is 2.00 bits per heavy atom. The molecule has 0 unspecified atom stereocenters. The van der Waals surface area contributed by atoms with Gasteiger partial charge in [0.1, 0.15) is 6.26 Å². The maximum absolute atomic E-state index is 12.2. The maximum Gasteiger partial charge on any atom is 0.254 e. The minimum atomic E-state index is -0.337. The van der Waals surface area contributed by atoms with Gasteiger partial charge in [0.15, 0.2) is 0 Å². The first-order valence-corrected chi connectivity index (χ1v) is 8.21. The van der Waals surface area contributed by atoms with Crippen LogP contribution in [0.5, 0.6) is 0 Å². The molecule has 0 saturated heterocycles. The summed E-state index contributed by atoms with van der Waals surface area (Å²) in [7, 11) is 1.70. The molecule has 134 valence electrons. The van der Waals surface area contributed by atoms with E-state index in [1.165, 1.54) is 12.5 Å². The van der Waals surface area contributed by atoms with Gasteiger partial charge in [-0.15, -0.1) is 0 Å². The number of amides is 2. The molecule has 1 N–H and O–H groups in total. The minimum absolute atomic E-state index is 0.0708. The summed E-state index contributed by atoms with van der Waals surface area (Å²) in [6.07, 6.45) is 6.41. The highest BCUT2D eigenvalue weighted by atomic mass is 16.3. The lowest BCUT2D eigenvalue weighted by Gasteiger charge is -2.16. The molecule has 3 rings (SSSR count). The van der Waals surface area contributed by atoms with Gasteiger partial charge in [-0.3, -0.25) is 14.3 Å². The number of nitrogens with zero attached hydrogens (tertiary/aromatic N) is 3. The van der Waals surface area contributed by atoms with Crippen LogP contribution in [0.4, 0.5) is 0 Å². The van der Waals surface area contributed by atoms with Crippen molar-refractivity contribution in [1.29, 1.82) is 0 Å². The van der Waals surface area contributed by atoms with Gasteiger partial charge in [-0.2, -0.15) is 5.10 Å². The maximum atomic E-state index is 12.2. The SMILES string of the molecule is CN(Cc1cnn(Cc2ccccc2)c1)C(=O)CNC(=O)c1ccoc1. The van der Waals surface area contributed by atoms with E-state index in [1.807, 2.05) is 41.2 Å². The zero-order chi connectivity index (χ0) is 18.4. The van der Waals surface area contributed by atoms with Crippen LogP contribution in [0, 0.1) is 0 Å². The van der Waals surface area contributed by atoms with E-state index in [1.54, 1.807) is 24.2 Å². The summed E-state index contributed by atoms with van der Waals surface area (Å²) in [4.78, 5) is 25.5. The average molecular weight is 352 g/mol. The van der Waals surface area contributed by atoms with Crippen LogP contribution in [0.1, 0.15) is 21.5 Å². The number of nitrogens with one attached hydrogen (secondary N) is 1. The smallest absolute Gasteiger partial charge is 0.254 e. The molecule has 2 heterocycles. The molecule has 0 saturated carbocycles. The highest BCUT2D eigenvalue weighted by Gasteiger charge is 2.13. The van der Waals surface area contributed by atoms with Crippen LogP contribution in [0.25, 0.3) is 0 Å². The van der Waals surface area contributed by atoms with Gasteiger partial charge in [-0.25, -0.2) is 0 Å². The van der Waals surface area contributed by atoms with E-state index in [0.29, 0.717) is 18.7 Å². The van der Waals surface area contributed by atoms with Crippen LogP contribution in [0.3, 0.4) is 0 Å². The Hall–Kier alpha value is -3.35. The summed E-state index contributed by atoms with van der Waals surface area (Å²) in [5.74, 6) is -0.520. The van der Waals surface area contributed by atoms with Crippen LogP contribution in [-0.2, 0) is 17.9 Å². The first-order chi connectivity index (χ1) is 12.6. The van der Waals surface area contributed by atoms with Crippen LogP contribution < -0.4 is 5.32 Å². The zero-order valence-electron chi connectivity index (χ0n) is 14.5. The Morgan fingerprint density at radius 3 is 2.73 bits per heavy atom. The minimum Gasteiger partial charge on any atom is -0.472 e. The molecule has 2 amide bonds. The first-order valence-electron chi connectivity index (χ1n) is 8.21. The van der Waals surface area contributed by atoms with Crippen molar-refractivity contribution in [1.82, 2.24) is 20.0 Å². The van der Waals surface area contributed by atoms with Crippen molar-refractivity contribution in [3.05, 3.63) is 78.0 Å². The summed E-state index contributed by atoms with van der Waals surface area (Å²) in [6, 6.07) is 11.6. The molecule has 0 bridgehead atoms. The number of benzene rings is 1. The van der Waals surface area contributed by atoms with E-state index in [-0.39, 0.29) is 18.4 Å². The standard InChI is InChI=1S/C19H20N4O3/c1-22(18(24)10-20-19(25)17-7-8-26-14-17)11-16-9-21-23(13-16)12-15-5-3-2-4-6-15/h2-9,13-14H,10-12H2,1H3,(H,20,25). The molecule has 1 aromatic carbocycles. The van der Waals surface area contributed by atoms with Crippen LogP contribution in [0.15, 0.2) is 65.7 Å². The number of carbonyl (C=O) groups excluding carboxylic acids is 2. The fourth-order valence-corrected chi connectivity index (χ4v) is 2.49. The van der Waals surface area contributed by atoms with Crippen molar-refractivity contribution in [3.8, 4) is 0 Å². The van der Waals surface area contributed by atoms with Gasteiger partial charge < -0.3 is 14.6 Å². The van der Waals surface area contributed by atoms with E-state index < -0.39 is 0 Å². The molecule has 0 radical (unpaired) electrons. The number of carbonyl (C=O) groups is 2. The molecule has 7 heteroatoms. The largest absolute Gasteiger partial charge is 0.472 e. The Bertz CT molecular complexity index is 856. The molecule has 0 aliphatic rings. The van der Waals surface area contributed by atoms with E-state index >= 15 is 0 Å². The van der Waals surface area contributed by atoms with Gasteiger partial charge in [-0.05, 0) is 11.6 Å². The Labute approximate surface area is 151 Å². The molecule has 0 atom stereocenters. The molecular formula is C19H20N4O3. The summed E-state index contributed by atoms with van der Waals surface area (Å²) < 4.78 is 6.69. The number of aromatic nitrogens is 2. The number of rotatable bonds is 7. The predicted octanol–water partition coefficient (Wildman–Crippen LogP) is 1.91. The third kappa shape index (κ3) is 4.60. The lowest BCUT2D eigenvalue weighted by molar-refractivity contribution is -0.129. The quantitative estimate of drug-likeness (QED) is 0.704. The highest BCUT2D eigenvalue weighted by Crippen LogP contribution is 2.06. The average Bonchev–Trinajstić information content (AvgIpc) is 3.32. The number of furan rings is 1. The van der Waals surface area contributed by atoms with Gasteiger partial charge >= 0.3 is 0 Å². The lowest BCUT2D eigenvalue weighted by atomic mass is 10.2. The molecule has 0 spiro atoms. The second-order valence-corrected chi connectivity index (χ2v) is 5.98. The van der Waals surface area contributed by atoms with Crippen molar-refractivity contribution >= 4 is 11.8 Å². The van der Waals surface area contributed by atoms with Gasteiger partial charge in [0.25, 0.3) is 5.91 Å². The van der Waals surface area contributed by atoms with Crippen molar-refractivity contribution in [2.45, 2.75) is 13.1 Å². The number of likely N-dealkylation sites (N-methyl/N-ethyl adjacent to an activating group) is 1. The Kier molecular flexibility index (Phi) is 5.48. The molecule has 0 aliphatic carbocycles. The first kappa shape index (κ1) is 17.5. The summed E-state index contributed by atoms with van der Waals surface area (Å²) in [6.45, 7) is 1.03. The number of hydrogen-bond donors (Lipinski definition) is 1. The van der Waals surface area contributed by atoms with Crippen molar-refractivity contribution in [2.24, 2.45) is 0 Å². The normalized spacial score (nSPS) is 10.5. The van der Waals surface area contributed by atoms with E-state index in [2.05, 4.69) is 10.4 Å². The van der Waals surface area contributed by atoms with E-state index in [0.717, 1.165) is 11.1 Å². The molecule has 2 aromatic heterocycles. The molecule has 7 nitrogen and oxygen atoms in total. The van der Waals surface area contributed by atoms with Gasteiger partial charge in [0.05, 0.1) is 31.1 Å². The van der Waals surface area contributed by atoms with Crippen molar-refractivity contribution in [2.75, 3.05) is 13.6 Å². The third-order valence-electron chi connectivity index (χ3n) is 3.90. The van der Waals surface area contributed by atoms with Crippen LogP contribution in [0.2, 0.25) is 0 Å². The van der Waals surface area contributed by atoms with Gasteiger partial charge in [-0.1, -0.05) is 30.3 Å². The highest BCUT2D eigenvalue weighted by molar-refractivity contribution is 5.96. The summed E-state index contributed by atoms with van der Waals surface area (Å²) in [5.41, 5.74) is 2.48. The lowest BCUT2D eigenvalue weighted by Crippen LogP contribution is -2.37. The van der Waals surface area contributed by atoms with Crippen LogP contribution >= 0.6 is 0 Å². The predicted molar refractivity (Wildman–Crippen MR) is 95.3 cm³/mol. The van der Waals surface area contributed by atoms with E-state index in [9.17, 15) is 9.59 Å². The zero-order valence-corrected chi connectivity index (χ0v) is 14.5. The molecule has 3 aromatic rings. The monoisotopic (exact) mass is 352 g/mol. The summed E-state index contributed by atoms with van der Waals surface area (Å²) >= 11 is 0. The molecule has 26 heavy (non-hydrogen) atoms.